The van der Waals surface area contributed by atoms with Crippen molar-refractivity contribution in [2.45, 2.75) is 23.7 Å². The first-order valence-electron chi connectivity index (χ1n) is 8.84. The molecule has 9 heteroatoms. The Kier molecular flexibility index (Phi) is 5.34. The Bertz CT molecular complexity index is 991. The molecule has 2 fully saturated rings. The molecule has 2 unspecified atom stereocenters. The number of nitrogens with one attached hydrogen (secondary N) is 3. The van der Waals surface area contributed by atoms with Crippen LogP contribution in [0.5, 0.6) is 5.75 Å². The largest absolute Gasteiger partial charge is 0.497 e. The molecule has 4 rings (SSSR count). The number of amides is 1. The fraction of sp³-hybridized carbons (Fsp3) is 0.316. The van der Waals surface area contributed by atoms with Crippen LogP contribution >= 0.6 is 11.8 Å². The third-order valence-electron chi connectivity index (χ3n) is 4.26. The van der Waals surface area contributed by atoms with Crippen molar-refractivity contribution in [3.63, 3.8) is 0 Å². The molecule has 1 aliphatic carbocycles. The lowest BCUT2D eigenvalue weighted by molar-refractivity contribution is 0.0944. The highest BCUT2D eigenvalue weighted by molar-refractivity contribution is 8.00. The number of nitrogens with zero attached hydrogens (tertiary/aromatic N) is 2. The van der Waals surface area contributed by atoms with Crippen molar-refractivity contribution in [2.24, 2.45) is 5.92 Å². The van der Waals surface area contributed by atoms with Crippen LogP contribution in [0.25, 0.3) is 5.82 Å². The normalized spacial score (nSPS) is 20.9. The van der Waals surface area contributed by atoms with Crippen LogP contribution < -0.4 is 26.5 Å². The zero-order valence-electron chi connectivity index (χ0n) is 15.1. The lowest BCUT2D eigenvalue weighted by Gasteiger charge is -2.11. The van der Waals surface area contributed by atoms with Gasteiger partial charge in [-0.25, -0.2) is 15.8 Å². The maximum absolute atomic E-state index is 12.4. The van der Waals surface area contributed by atoms with Crippen LogP contribution in [-0.2, 0) is 0 Å². The third kappa shape index (κ3) is 4.36. The number of thioether (sulfide) groups is 1. The first-order valence-corrected chi connectivity index (χ1v) is 9.78. The SMILES string of the molecule is COc1ccn(-c2ccc(C(=O)NC3NNC(C#CC4CC4)S3)cn2)c(=O)c1. The van der Waals surface area contributed by atoms with Crippen molar-refractivity contribution in [3.8, 4) is 23.4 Å². The van der Waals surface area contributed by atoms with E-state index >= 15 is 0 Å². The van der Waals surface area contributed by atoms with E-state index in [-0.39, 0.29) is 22.3 Å². The molecule has 3 N–H and O–H groups in total. The van der Waals surface area contributed by atoms with Gasteiger partial charge in [-0.05, 0) is 31.0 Å². The molecular weight excluding hydrogens is 378 g/mol. The van der Waals surface area contributed by atoms with Gasteiger partial charge in [0, 0.05) is 24.4 Å². The highest BCUT2D eigenvalue weighted by atomic mass is 32.2. The van der Waals surface area contributed by atoms with Gasteiger partial charge in [0.15, 0.2) is 0 Å². The predicted octanol–water partition coefficient (Wildman–Crippen LogP) is 0.835. The van der Waals surface area contributed by atoms with E-state index in [1.165, 1.54) is 48.5 Å². The van der Waals surface area contributed by atoms with Gasteiger partial charge in [-0.15, -0.1) is 0 Å². The Morgan fingerprint density at radius 3 is 2.86 bits per heavy atom. The summed E-state index contributed by atoms with van der Waals surface area (Å²) < 4.78 is 6.41. The molecule has 2 aromatic heterocycles. The van der Waals surface area contributed by atoms with Gasteiger partial charge in [-0.3, -0.25) is 14.2 Å². The topological polar surface area (TPSA) is 97.3 Å². The standard InChI is InChI=1S/C19H19N5O3S/c1-27-14-8-9-24(17(25)10-14)15-6-5-13(11-20-15)18(26)21-19-23-22-16(28-19)7-4-12-2-3-12/h5-6,8-12,16,19,22-23H,2-3H2,1H3,(H,21,26). The molecule has 144 valence electrons. The van der Waals surface area contributed by atoms with Crippen LogP contribution in [0.2, 0.25) is 0 Å². The van der Waals surface area contributed by atoms with Gasteiger partial charge in [0.1, 0.15) is 22.4 Å². The molecule has 1 aliphatic heterocycles. The molecule has 2 aromatic rings. The summed E-state index contributed by atoms with van der Waals surface area (Å²) in [5.74, 6) is 7.55. The zero-order valence-corrected chi connectivity index (χ0v) is 16.0. The summed E-state index contributed by atoms with van der Waals surface area (Å²) in [5, 5.41) is 2.82. The van der Waals surface area contributed by atoms with Crippen LogP contribution in [0.15, 0.2) is 41.5 Å². The van der Waals surface area contributed by atoms with Crippen LogP contribution in [0.1, 0.15) is 23.2 Å². The maximum atomic E-state index is 12.4. The minimum Gasteiger partial charge on any atom is -0.497 e. The number of rotatable bonds is 4. The Morgan fingerprint density at radius 1 is 1.32 bits per heavy atom. The molecular formula is C19H19N5O3S. The third-order valence-corrected chi connectivity index (χ3v) is 5.28. The monoisotopic (exact) mass is 397 g/mol. The molecule has 2 aliphatic rings. The smallest absolute Gasteiger partial charge is 0.259 e. The molecule has 1 saturated carbocycles. The number of carbonyl (C=O) groups excluding carboxylic acids is 1. The molecule has 8 nitrogen and oxygen atoms in total. The first-order chi connectivity index (χ1) is 13.6. The van der Waals surface area contributed by atoms with Crippen molar-refractivity contribution in [1.29, 1.82) is 0 Å². The zero-order chi connectivity index (χ0) is 19.5. The number of aromatic nitrogens is 2. The van der Waals surface area contributed by atoms with E-state index in [4.69, 9.17) is 4.74 Å². The Morgan fingerprint density at radius 2 is 2.18 bits per heavy atom. The number of hydrogen-bond donors (Lipinski definition) is 3. The highest BCUT2D eigenvalue weighted by Crippen LogP contribution is 2.28. The van der Waals surface area contributed by atoms with E-state index in [0.29, 0.717) is 23.0 Å². The molecule has 0 bridgehead atoms. The average molecular weight is 397 g/mol. The quantitative estimate of drug-likeness (QED) is 0.658. The lowest BCUT2D eigenvalue weighted by Crippen LogP contribution is -2.43. The van der Waals surface area contributed by atoms with Gasteiger partial charge in [0.2, 0.25) is 0 Å². The number of carbonyl (C=O) groups is 1. The Hall–Kier alpha value is -2.80. The fourth-order valence-corrected chi connectivity index (χ4v) is 3.41. The molecule has 1 saturated heterocycles. The van der Waals surface area contributed by atoms with E-state index in [9.17, 15) is 9.59 Å². The minimum atomic E-state index is -0.283. The summed E-state index contributed by atoms with van der Waals surface area (Å²) in [6.07, 6.45) is 5.39. The van der Waals surface area contributed by atoms with E-state index < -0.39 is 0 Å². The molecule has 1 amide bonds. The minimum absolute atomic E-state index is 0.0478. The fourth-order valence-electron chi connectivity index (χ4n) is 2.56. The second-order valence-corrected chi connectivity index (χ2v) is 7.62. The summed E-state index contributed by atoms with van der Waals surface area (Å²) in [7, 11) is 1.50. The van der Waals surface area contributed by atoms with Crippen molar-refractivity contribution < 1.29 is 9.53 Å². The van der Waals surface area contributed by atoms with Crippen LogP contribution in [0.3, 0.4) is 0 Å². The predicted molar refractivity (Wildman–Crippen MR) is 106 cm³/mol. The second kappa shape index (κ2) is 8.06. The molecule has 0 spiro atoms. The molecule has 0 radical (unpaired) electrons. The summed E-state index contributed by atoms with van der Waals surface area (Å²) >= 11 is 1.50. The number of ether oxygens (including phenoxy) is 1. The van der Waals surface area contributed by atoms with Crippen molar-refractivity contribution in [2.75, 3.05) is 7.11 Å². The van der Waals surface area contributed by atoms with Gasteiger partial charge < -0.3 is 10.1 Å². The molecule has 0 aromatic carbocycles. The summed E-state index contributed by atoms with van der Waals surface area (Å²) in [6.45, 7) is 0. The van der Waals surface area contributed by atoms with Crippen LogP contribution in [0, 0.1) is 17.8 Å². The van der Waals surface area contributed by atoms with Crippen LogP contribution in [-0.4, -0.2) is 33.4 Å². The van der Waals surface area contributed by atoms with Gasteiger partial charge in [-0.1, -0.05) is 23.6 Å². The number of hydrogen-bond acceptors (Lipinski definition) is 7. The molecule has 28 heavy (non-hydrogen) atoms. The van der Waals surface area contributed by atoms with E-state index in [1.54, 1.807) is 24.4 Å². The molecule has 3 heterocycles. The van der Waals surface area contributed by atoms with Gasteiger partial charge in [0.25, 0.3) is 11.5 Å². The first kappa shape index (κ1) is 18.6. The summed E-state index contributed by atoms with van der Waals surface area (Å²) in [5.41, 5.74) is 5.92. The van der Waals surface area contributed by atoms with Gasteiger partial charge in [0.05, 0.1) is 12.7 Å². The van der Waals surface area contributed by atoms with Crippen molar-refractivity contribution >= 4 is 17.7 Å². The lowest BCUT2D eigenvalue weighted by atomic mass is 10.2. The van der Waals surface area contributed by atoms with E-state index in [0.717, 1.165) is 0 Å². The number of pyridine rings is 2. The number of methoxy groups -OCH3 is 1. The average Bonchev–Trinajstić information content (AvgIpc) is 3.44. The summed E-state index contributed by atoms with van der Waals surface area (Å²) in [4.78, 5) is 28.8. The van der Waals surface area contributed by atoms with E-state index in [1.807, 2.05) is 0 Å². The van der Waals surface area contributed by atoms with Gasteiger partial charge in [-0.2, -0.15) is 0 Å². The second-order valence-electron chi connectivity index (χ2n) is 6.40. The number of hydrazine groups is 1. The summed E-state index contributed by atoms with van der Waals surface area (Å²) in [6, 6.07) is 6.30. The van der Waals surface area contributed by atoms with E-state index in [2.05, 4.69) is 33.0 Å². The Labute approximate surface area is 166 Å². The van der Waals surface area contributed by atoms with Crippen molar-refractivity contribution in [1.82, 2.24) is 25.7 Å². The van der Waals surface area contributed by atoms with Crippen LogP contribution in [0.4, 0.5) is 0 Å². The Balaban J connectivity index is 1.38. The van der Waals surface area contributed by atoms with Crippen molar-refractivity contribution in [3.05, 3.63) is 52.6 Å². The maximum Gasteiger partial charge on any atom is 0.259 e. The molecule has 2 atom stereocenters. The highest BCUT2D eigenvalue weighted by Gasteiger charge is 2.25. The van der Waals surface area contributed by atoms with Gasteiger partial charge >= 0.3 is 0 Å².